The van der Waals surface area contributed by atoms with Crippen LogP contribution < -0.4 is 5.32 Å². The second-order valence-electron chi connectivity index (χ2n) is 4.80. The predicted molar refractivity (Wildman–Crippen MR) is 75.0 cm³/mol. The standard InChI is InChI=1S/C13H21N3OS/c1-10-12(9-15-16(10)2)13(17)14-7-8-18-11-5-3-4-6-11/h9,11H,3-8H2,1-2H3,(H,14,17). The molecule has 1 fully saturated rings. The van der Waals surface area contributed by atoms with Crippen molar-refractivity contribution in [2.45, 2.75) is 37.9 Å². The van der Waals surface area contributed by atoms with Gasteiger partial charge < -0.3 is 5.32 Å². The lowest BCUT2D eigenvalue weighted by molar-refractivity contribution is 0.0955. The average Bonchev–Trinajstić information content (AvgIpc) is 2.97. The highest BCUT2D eigenvalue weighted by Gasteiger charge is 2.15. The molecule has 0 atom stereocenters. The van der Waals surface area contributed by atoms with Crippen LogP contribution >= 0.6 is 11.8 Å². The van der Waals surface area contributed by atoms with Gasteiger partial charge in [-0.15, -0.1) is 0 Å². The Bertz CT molecular complexity index is 410. The molecule has 18 heavy (non-hydrogen) atoms. The van der Waals surface area contributed by atoms with Crippen molar-refractivity contribution in [3.8, 4) is 0 Å². The fourth-order valence-electron chi connectivity index (χ4n) is 2.26. The number of nitrogens with zero attached hydrogens (tertiary/aromatic N) is 2. The minimum absolute atomic E-state index is 0.00683. The van der Waals surface area contributed by atoms with Crippen LogP contribution in [-0.2, 0) is 7.05 Å². The second kappa shape index (κ2) is 6.27. The number of thioether (sulfide) groups is 1. The lowest BCUT2D eigenvalue weighted by Gasteiger charge is -2.09. The van der Waals surface area contributed by atoms with Gasteiger partial charge in [0, 0.05) is 30.3 Å². The molecular formula is C13H21N3OS. The SMILES string of the molecule is Cc1c(C(=O)NCCSC2CCCC2)cnn1C. The van der Waals surface area contributed by atoms with Crippen molar-refractivity contribution in [2.24, 2.45) is 7.05 Å². The molecule has 100 valence electrons. The topological polar surface area (TPSA) is 46.9 Å². The quantitative estimate of drug-likeness (QED) is 0.831. The van der Waals surface area contributed by atoms with Crippen molar-refractivity contribution in [3.05, 3.63) is 17.5 Å². The average molecular weight is 267 g/mol. The maximum absolute atomic E-state index is 11.9. The summed E-state index contributed by atoms with van der Waals surface area (Å²) in [4.78, 5) is 11.9. The maximum atomic E-state index is 11.9. The zero-order valence-electron chi connectivity index (χ0n) is 11.1. The highest BCUT2D eigenvalue weighted by molar-refractivity contribution is 7.99. The van der Waals surface area contributed by atoms with E-state index < -0.39 is 0 Å². The summed E-state index contributed by atoms with van der Waals surface area (Å²) in [6, 6.07) is 0. The molecule has 4 nitrogen and oxygen atoms in total. The summed E-state index contributed by atoms with van der Waals surface area (Å²) < 4.78 is 1.72. The van der Waals surface area contributed by atoms with E-state index in [4.69, 9.17) is 0 Å². The van der Waals surface area contributed by atoms with Crippen LogP contribution in [0.4, 0.5) is 0 Å². The number of aryl methyl sites for hydroxylation is 1. The highest BCUT2D eigenvalue weighted by Crippen LogP contribution is 2.28. The lowest BCUT2D eigenvalue weighted by atomic mass is 10.2. The van der Waals surface area contributed by atoms with E-state index in [1.807, 2.05) is 25.7 Å². The van der Waals surface area contributed by atoms with E-state index >= 15 is 0 Å². The first-order chi connectivity index (χ1) is 8.68. The Morgan fingerprint density at radius 3 is 2.89 bits per heavy atom. The number of carbonyl (C=O) groups excluding carboxylic acids is 1. The summed E-state index contributed by atoms with van der Waals surface area (Å²) in [6.45, 7) is 2.66. The Morgan fingerprint density at radius 2 is 2.28 bits per heavy atom. The molecule has 0 spiro atoms. The molecule has 1 saturated carbocycles. The highest BCUT2D eigenvalue weighted by atomic mass is 32.2. The van der Waals surface area contributed by atoms with E-state index in [0.29, 0.717) is 5.56 Å². The van der Waals surface area contributed by atoms with Gasteiger partial charge in [0.2, 0.25) is 0 Å². The molecule has 1 N–H and O–H groups in total. The molecule has 2 rings (SSSR count). The Kier molecular flexibility index (Phi) is 4.69. The number of carbonyl (C=O) groups is 1. The first-order valence-electron chi connectivity index (χ1n) is 6.57. The molecule has 1 aliphatic carbocycles. The lowest BCUT2D eigenvalue weighted by Crippen LogP contribution is -2.26. The van der Waals surface area contributed by atoms with E-state index in [1.165, 1.54) is 25.7 Å². The largest absolute Gasteiger partial charge is 0.351 e. The first-order valence-corrected chi connectivity index (χ1v) is 7.62. The van der Waals surface area contributed by atoms with Crippen LogP contribution in [0.15, 0.2) is 6.20 Å². The molecule has 1 aromatic heterocycles. The second-order valence-corrected chi connectivity index (χ2v) is 6.21. The summed E-state index contributed by atoms with van der Waals surface area (Å²) in [5.74, 6) is 1.00. The van der Waals surface area contributed by atoms with Crippen LogP contribution in [0.5, 0.6) is 0 Å². The molecule has 0 saturated heterocycles. The molecule has 0 radical (unpaired) electrons. The Morgan fingerprint density at radius 1 is 1.56 bits per heavy atom. The molecule has 1 aromatic rings. The summed E-state index contributed by atoms with van der Waals surface area (Å²) in [7, 11) is 1.85. The first kappa shape index (κ1) is 13.5. The van der Waals surface area contributed by atoms with Crippen molar-refractivity contribution in [1.82, 2.24) is 15.1 Å². The van der Waals surface area contributed by atoms with E-state index in [1.54, 1.807) is 10.9 Å². The number of aromatic nitrogens is 2. The molecule has 0 aromatic carbocycles. The van der Waals surface area contributed by atoms with Crippen LogP contribution in [0.3, 0.4) is 0 Å². The van der Waals surface area contributed by atoms with E-state index in [-0.39, 0.29) is 5.91 Å². The van der Waals surface area contributed by atoms with Crippen molar-refractivity contribution in [2.75, 3.05) is 12.3 Å². The molecule has 1 heterocycles. The van der Waals surface area contributed by atoms with Crippen molar-refractivity contribution in [3.63, 3.8) is 0 Å². The van der Waals surface area contributed by atoms with E-state index in [0.717, 1.165) is 23.2 Å². The monoisotopic (exact) mass is 267 g/mol. The van der Waals surface area contributed by atoms with Gasteiger partial charge in [0.05, 0.1) is 11.8 Å². The molecule has 0 unspecified atom stereocenters. The Balaban J connectivity index is 1.70. The van der Waals surface area contributed by atoms with Crippen LogP contribution in [0.25, 0.3) is 0 Å². The predicted octanol–water partition coefficient (Wildman–Crippen LogP) is 2.13. The molecule has 1 amide bonds. The zero-order valence-corrected chi connectivity index (χ0v) is 11.9. The van der Waals surface area contributed by atoms with Gasteiger partial charge in [0.1, 0.15) is 0 Å². The number of rotatable bonds is 5. The fraction of sp³-hybridized carbons (Fsp3) is 0.692. The van der Waals surface area contributed by atoms with Crippen LogP contribution in [0.1, 0.15) is 41.7 Å². The Labute approximate surface area is 113 Å². The van der Waals surface area contributed by atoms with Crippen LogP contribution in [-0.4, -0.2) is 33.2 Å². The van der Waals surface area contributed by atoms with Gasteiger partial charge in [0.25, 0.3) is 5.91 Å². The number of nitrogens with one attached hydrogen (secondary N) is 1. The normalized spacial score (nSPS) is 16.1. The summed E-state index contributed by atoms with van der Waals surface area (Å²) in [5.41, 5.74) is 1.60. The molecular weight excluding hydrogens is 246 g/mol. The van der Waals surface area contributed by atoms with Gasteiger partial charge in [-0.3, -0.25) is 9.48 Å². The molecule has 5 heteroatoms. The summed E-state index contributed by atoms with van der Waals surface area (Å²) >= 11 is 2.00. The van der Waals surface area contributed by atoms with Gasteiger partial charge in [-0.1, -0.05) is 12.8 Å². The van der Waals surface area contributed by atoms with Gasteiger partial charge >= 0.3 is 0 Å². The van der Waals surface area contributed by atoms with Gasteiger partial charge in [0.15, 0.2) is 0 Å². The third-order valence-electron chi connectivity index (χ3n) is 3.52. The van der Waals surface area contributed by atoms with E-state index in [9.17, 15) is 4.79 Å². The number of amides is 1. The van der Waals surface area contributed by atoms with E-state index in [2.05, 4.69) is 10.4 Å². The molecule has 0 aliphatic heterocycles. The zero-order chi connectivity index (χ0) is 13.0. The molecule has 1 aliphatic rings. The fourth-order valence-corrected chi connectivity index (χ4v) is 3.48. The van der Waals surface area contributed by atoms with Gasteiger partial charge in [-0.2, -0.15) is 16.9 Å². The summed E-state index contributed by atoms with van der Waals surface area (Å²) in [5, 5.41) is 7.86. The summed E-state index contributed by atoms with van der Waals surface area (Å²) in [6.07, 6.45) is 7.08. The van der Waals surface area contributed by atoms with Crippen molar-refractivity contribution >= 4 is 17.7 Å². The number of hydrogen-bond donors (Lipinski definition) is 1. The third kappa shape index (κ3) is 3.28. The van der Waals surface area contributed by atoms with Crippen molar-refractivity contribution < 1.29 is 4.79 Å². The van der Waals surface area contributed by atoms with Gasteiger partial charge in [-0.05, 0) is 19.8 Å². The Hall–Kier alpha value is -0.970. The number of hydrogen-bond acceptors (Lipinski definition) is 3. The van der Waals surface area contributed by atoms with Crippen molar-refractivity contribution in [1.29, 1.82) is 0 Å². The third-order valence-corrected chi connectivity index (χ3v) is 4.91. The smallest absolute Gasteiger partial charge is 0.254 e. The van der Waals surface area contributed by atoms with Gasteiger partial charge in [-0.25, -0.2) is 0 Å². The minimum Gasteiger partial charge on any atom is -0.351 e. The maximum Gasteiger partial charge on any atom is 0.254 e. The van der Waals surface area contributed by atoms with Crippen LogP contribution in [0, 0.1) is 6.92 Å². The molecule has 0 bridgehead atoms. The minimum atomic E-state index is -0.00683. The van der Waals surface area contributed by atoms with Crippen LogP contribution in [0.2, 0.25) is 0 Å².